The van der Waals surface area contributed by atoms with E-state index in [0.717, 1.165) is 22.9 Å². The first kappa shape index (κ1) is 18.6. The maximum atomic E-state index is 13.3. The summed E-state index contributed by atoms with van der Waals surface area (Å²) in [4.78, 5) is 14.8. The lowest BCUT2D eigenvalue weighted by atomic mass is 9.92. The second-order valence-electron chi connectivity index (χ2n) is 6.53. The summed E-state index contributed by atoms with van der Waals surface area (Å²) in [5.41, 5.74) is 1.41. The molecule has 4 rings (SSSR count). The zero-order valence-corrected chi connectivity index (χ0v) is 15.3. The Morgan fingerprint density at radius 3 is 2.61 bits per heavy atom. The van der Waals surface area contributed by atoms with E-state index < -0.39 is 28.7 Å². The van der Waals surface area contributed by atoms with Crippen molar-refractivity contribution in [1.82, 2.24) is 15.1 Å². The molecule has 1 atom stereocenters. The van der Waals surface area contributed by atoms with E-state index in [2.05, 4.69) is 10.2 Å². The van der Waals surface area contributed by atoms with E-state index in [1.807, 2.05) is 30.3 Å². The Morgan fingerprint density at radius 2 is 1.89 bits per heavy atom. The van der Waals surface area contributed by atoms with Crippen molar-refractivity contribution in [3.05, 3.63) is 87.7 Å². The van der Waals surface area contributed by atoms with E-state index in [1.165, 1.54) is 12.1 Å². The number of carbonyl (C=O) groups is 1. The number of fused-ring (bicyclic) bond motifs is 1. The Hall–Kier alpha value is -2.80. The second-order valence-corrected chi connectivity index (χ2v) is 6.91. The number of halogens is 4. The highest BCUT2D eigenvalue weighted by molar-refractivity contribution is 6.34. The highest BCUT2D eigenvalue weighted by Crippen LogP contribution is 2.39. The molecule has 3 aromatic rings. The number of amides is 1. The van der Waals surface area contributed by atoms with Crippen molar-refractivity contribution in [2.24, 2.45) is 0 Å². The second kappa shape index (κ2) is 6.98. The number of nitrogens with one attached hydrogen (secondary N) is 1. The molecule has 0 saturated carbocycles. The fraction of sp³-hybridized carbons (Fsp3) is 0.200. The van der Waals surface area contributed by atoms with Crippen LogP contribution >= 0.6 is 11.6 Å². The number of aromatic amines is 1. The highest BCUT2D eigenvalue weighted by atomic mass is 35.5. The van der Waals surface area contributed by atoms with Gasteiger partial charge in [-0.3, -0.25) is 9.89 Å². The van der Waals surface area contributed by atoms with Gasteiger partial charge in [-0.05, 0) is 17.7 Å². The van der Waals surface area contributed by atoms with Crippen LogP contribution in [0.3, 0.4) is 0 Å². The number of carbonyl (C=O) groups excluding carboxylic acids is 1. The number of H-pyrrole nitrogens is 1. The molecule has 0 aliphatic carbocycles. The molecule has 1 aliphatic rings. The van der Waals surface area contributed by atoms with Gasteiger partial charge in [0.1, 0.15) is 0 Å². The van der Waals surface area contributed by atoms with E-state index in [-0.39, 0.29) is 5.56 Å². The Balaban J connectivity index is 1.79. The first-order valence-corrected chi connectivity index (χ1v) is 8.99. The molecule has 1 unspecified atom stereocenters. The normalized spacial score (nSPS) is 16.7. The van der Waals surface area contributed by atoms with Crippen LogP contribution in [0.1, 0.15) is 38.8 Å². The third-order valence-electron chi connectivity index (χ3n) is 4.87. The highest BCUT2D eigenvalue weighted by Gasteiger charge is 2.38. The molecule has 0 bridgehead atoms. The molecule has 1 amide bonds. The van der Waals surface area contributed by atoms with E-state index in [4.69, 9.17) is 11.6 Å². The van der Waals surface area contributed by atoms with Crippen molar-refractivity contribution < 1.29 is 18.0 Å². The maximum Gasteiger partial charge on any atom is 0.417 e. The first-order chi connectivity index (χ1) is 13.4. The molecule has 144 valence electrons. The number of aromatic nitrogens is 2. The molecule has 1 N–H and O–H groups in total. The number of nitrogens with zero attached hydrogens (tertiary/aromatic N) is 2. The summed E-state index contributed by atoms with van der Waals surface area (Å²) in [6, 6.07) is 12.3. The Morgan fingerprint density at radius 1 is 1.14 bits per heavy atom. The molecule has 0 radical (unpaired) electrons. The van der Waals surface area contributed by atoms with Crippen LogP contribution in [0.15, 0.2) is 54.7 Å². The number of hydrogen-bond acceptors (Lipinski definition) is 2. The van der Waals surface area contributed by atoms with E-state index >= 15 is 0 Å². The largest absolute Gasteiger partial charge is 0.417 e. The predicted molar refractivity (Wildman–Crippen MR) is 98.1 cm³/mol. The van der Waals surface area contributed by atoms with Crippen LogP contribution in [-0.4, -0.2) is 27.5 Å². The summed E-state index contributed by atoms with van der Waals surface area (Å²) in [6.07, 6.45) is -2.45. The minimum atomic E-state index is -4.63. The molecular weight excluding hydrogens is 391 g/mol. The van der Waals surface area contributed by atoms with Gasteiger partial charge in [-0.2, -0.15) is 18.3 Å². The molecule has 4 nitrogen and oxygen atoms in total. The fourth-order valence-corrected chi connectivity index (χ4v) is 3.89. The van der Waals surface area contributed by atoms with Gasteiger partial charge >= 0.3 is 6.18 Å². The quantitative estimate of drug-likeness (QED) is 0.661. The number of rotatable bonds is 2. The van der Waals surface area contributed by atoms with Crippen LogP contribution in [-0.2, 0) is 12.6 Å². The van der Waals surface area contributed by atoms with Gasteiger partial charge in [-0.15, -0.1) is 0 Å². The van der Waals surface area contributed by atoms with Crippen molar-refractivity contribution in [2.45, 2.75) is 18.6 Å². The van der Waals surface area contributed by atoms with Crippen LogP contribution in [0.5, 0.6) is 0 Å². The number of benzene rings is 2. The van der Waals surface area contributed by atoms with Crippen molar-refractivity contribution >= 4 is 17.5 Å². The molecule has 1 aliphatic heterocycles. The van der Waals surface area contributed by atoms with Crippen LogP contribution < -0.4 is 0 Å². The van der Waals surface area contributed by atoms with Crippen LogP contribution in [0.2, 0.25) is 5.02 Å². The van der Waals surface area contributed by atoms with Gasteiger partial charge in [0.25, 0.3) is 5.91 Å². The van der Waals surface area contributed by atoms with Gasteiger partial charge in [0.2, 0.25) is 0 Å². The third kappa shape index (κ3) is 3.16. The molecule has 0 spiro atoms. The van der Waals surface area contributed by atoms with E-state index in [1.54, 1.807) is 11.1 Å². The van der Waals surface area contributed by atoms with Gasteiger partial charge in [0.15, 0.2) is 0 Å². The fourth-order valence-electron chi connectivity index (χ4n) is 3.57. The van der Waals surface area contributed by atoms with Crippen molar-refractivity contribution in [2.75, 3.05) is 6.54 Å². The SMILES string of the molecule is O=C(c1cccc(C(F)(F)F)c1Cl)N1CCc2[nH]ncc2C1c1ccccc1. The lowest BCUT2D eigenvalue weighted by molar-refractivity contribution is -0.137. The zero-order valence-electron chi connectivity index (χ0n) is 14.5. The predicted octanol–water partition coefficient (Wildman–Crippen LogP) is 4.87. The molecule has 8 heteroatoms. The Kier molecular flexibility index (Phi) is 4.63. The van der Waals surface area contributed by atoms with E-state index in [9.17, 15) is 18.0 Å². The Labute approximate surface area is 163 Å². The average molecular weight is 406 g/mol. The summed E-state index contributed by atoms with van der Waals surface area (Å²) in [5.74, 6) is -0.545. The van der Waals surface area contributed by atoms with Crippen LogP contribution in [0.25, 0.3) is 0 Å². The van der Waals surface area contributed by atoms with Crippen molar-refractivity contribution in [3.63, 3.8) is 0 Å². The van der Waals surface area contributed by atoms with Gasteiger partial charge in [-0.1, -0.05) is 48.0 Å². The number of hydrogen-bond donors (Lipinski definition) is 1. The van der Waals surface area contributed by atoms with Gasteiger partial charge in [0.05, 0.1) is 28.4 Å². The summed E-state index contributed by atoms with van der Waals surface area (Å²) >= 11 is 5.99. The standard InChI is InChI=1S/C20H15ClF3N3O/c21-17-13(7-4-8-15(17)20(22,23)24)19(28)27-10-9-16-14(11-25-26-16)18(27)12-5-2-1-3-6-12/h1-8,11,18H,9-10H2,(H,25,26). The van der Waals surface area contributed by atoms with Crippen molar-refractivity contribution in [3.8, 4) is 0 Å². The molecule has 2 heterocycles. The monoisotopic (exact) mass is 405 g/mol. The van der Waals surface area contributed by atoms with Crippen LogP contribution in [0.4, 0.5) is 13.2 Å². The minimum absolute atomic E-state index is 0.163. The molecule has 1 aromatic heterocycles. The number of alkyl halides is 3. The molecule has 0 saturated heterocycles. The maximum absolute atomic E-state index is 13.3. The lowest BCUT2D eigenvalue weighted by Gasteiger charge is -2.36. The summed E-state index contributed by atoms with van der Waals surface area (Å²) in [7, 11) is 0. The molecule has 0 fully saturated rings. The topological polar surface area (TPSA) is 49.0 Å². The zero-order chi connectivity index (χ0) is 19.9. The first-order valence-electron chi connectivity index (χ1n) is 8.61. The lowest BCUT2D eigenvalue weighted by Crippen LogP contribution is -2.40. The average Bonchev–Trinajstić information content (AvgIpc) is 3.15. The molecule has 2 aromatic carbocycles. The minimum Gasteiger partial charge on any atom is -0.327 e. The smallest absolute Gasteiger partial charge is 0.327 e. The Bertz CT molecular complexity index is 1020. The summed E-state index contributed by atoms with van der Waals surface area (Å²) < 4.78 is 39.6. The van der Waals surface area contributed by atoms with Gasteiger partial charge < -0.3 is 4.90 Å². The van der Waals surface area contributed by atoms with Gasteiger partial charge in [0, 0.05) is 24.2 Å². The summed E-state index contributed by atoms with van der Waals surface area (Å²) in [6.45, 7) is 0.333. The van der Waals surface area contributed by atoms with Crippen molar-refractivity contribution in [1.29, 1.82) is 0 Å². The van der Waals surface area contributed by atoms with E-state index in [0.29, 0.717) is 13.0 Å². The third-order valence-corrected chi connectivity index (χ3v) is 5.28. The van der Waals surface area contributed by atoms with Gasteiger partial charge in [-0.25, -0.2) is 0 Å². The molecule has 28 heavy (non-hydrogen) atoms. The molecular formula is C20H15ClF3N3O. The van der Waals surface area contributed by atoms with Crippen LogP contribution in [0, 0.1) is 0 Å². The summed E-state index contributed by atoms with van der Waals surface area (Å²) in [5, 5.41) is 6.43.